The number of thiazole rings is 1. The number of carbonyl (C=O) groups is 3. The van der Waals surface area contributed by atoms with E-state index < -0.39 is 23.5 Å². The molecule has 2 saturated heterocycles. The number of nitrogens with two attached hydrogens (primary N) is 1. The van der Waals surface area contributed by atoms with Crippen LogP contribution in [-0.2, 0) is 19.1 Å². The number of anilines is 2. The van der Waals surface area contributed by atoms with Gasteiger partial charge in [-0.2, -0.15) is 0 Å². The molecule has 0 saturated carbocycles. The zero-order valence-corrected chi connectivity index (χ0v) is 23.8. The highest BCUT2D eigenvalue weighted by Gasteiger charge is 2.60. The molecule has 38 heavy (non-hydrogen) atoms. The molecule has 11 heteroatoms. The standard InChI is InChI=1S/C27H25BrN4O4S2/c1-16(33)32(20-14-30-26(29)38-20)21-23(34)31-15-27(2,19(13-28)37-24(21)31)25(35)36-22(17-9-5-3-6-10-17)18-11-7-4-8-12-18/h3-14,21-22,24H,15H2,1-2H3,(H2,29,30)/t21?,24-,27?/m1/s1. The largest absolute Gasteiger partial charge is 0.452 e. The van der Waals surface area contributed by atoms with Crippen LogP contribution in [0.2, 0.25) is 0 Å². The lowest BCUT2D eigenvalue weighted by Crippen LogP contribution is -2.73. The molecule has 2 aliphatic rings. The van der Waals surface area contributed by atoms with Gasteiger partial charge in [0.2, 0.25) is 11.8 Å². The maximum atomic E-state index is 13.9. The molecule has 3 atom stereocenters. The Bertz CT molecular complexity index is 1360. The molecular formula is C27H25BrN4O4S2. The van der Waals surface area contributed by atoms with Crippen LogP contribution in [0.15, 0.2) is 76.8 Å². The molecule has 196 valence electrons. The van der Waals surface area contributed by atoms with E-state index in [0.717, 1.165) is 22.5 Å². The Labute approximate surface area is 237 Å². The van der Waals surface area contributed by atoms with Crippen molar-refractivity contribution >= 4 is 66.9 Å². The van der Waals surface area contributed by atoms with Gasteiger partial charge in [-0.1, -0.05) is 87.9 Å². The van der Waals surface area contributed by atoms with Crippen molar-refractivity contribution in [3.05, 3.63) is 87.9 Å². The van der Waals surface area contributed by atoms with Crippen LogP contribution < -0.4 is 10.6 Å². The highest BCUT2D eigenvalue weighted by atomic mass is 79.9. The molecule has 0 bridgehead atoms. The zero-order chi connectivity index (χ0) is 27.0. The molecule has 2 aromatic carbocycles. The van der Waals surface area contributed by atoms with Crippen LogP contribution in [-0.4, -0.2) is 45.6 Å². The highest BCUT2D eigenvalue weighted by molar-refractivity contribution is 9.11. The monoisotopic (exact) mass is 612 g/mol. The maximum absolute atomic E-state index is 13.9. The van der Waals surface area contributed by atoms with Crippen molar-refractivity contribution in [2.24, 2.45) is 5.41 Å². The normalized spacial score (nSPS) is 23.6. The zero-order valence-electron chi connectivity index (χ0n) is 20.6. The number of benzene rings is 2. The van der Waals surface area contributed by atoms with Crippen LogP contribution >= 0.6 is 39.0 Å². The number of halogens is 1. The number of ether oxygens (including phenoxy) is 1. The van der Waals surface area contributed by atoms with Crippen LogP contribution in [0.5, 0.6) is 0 Å². The number of hydrogen-bond donors (Lipinski definition) is 1. The van der Waals surface area contributed by atoms with Gasteiger partial charge in [-0.3, -0.25) is 19.3 Å². The van der Waals surface area contributed by atoms with Gasteiger partial charge in [0.05, 0.1) is 6.20 Å². The summed E-state index contributed by atoms with van der Waals surface area (Å²) in [7, 11) is 0. The molecular weight excluding hydrogens is 588 g/mol. The summed E-state index contributed by atoms with van der Waals surface area (Å²) in [4.78, 5) is 49.3. The Morgan fingerprint density at radius 3 is 2.29 bits per heavy atom. The number of carbonyl (C=O) groups excluding carboxylic acids is 3. The van der Waals surface area contributed by atoms with Gasteiger partial charge in [0.25, 0.3) is 0 Å². The lowest BCUT2D eigenvalue weighted by molar-refractivity contribution is -0.162. The summed E-state index contributed by atoms with van der Waals surface area (Å²) in [6.07, 6.45) is 0.895. The van der Waals surface area contributed by atoms with Crippen molar-refractivity contribution in [2.75, 3.05) is 17.2 Å². The van der Waals surface area contributed by atoms with E-state index in [1.54, 1.807) is 16.8 Å². The number of fused-ring (bicyclic) bond motifs is 1. The van der Waals surface area contributed by atoms with Crippen molar-refractivity contribution in [2.45, 2.75) is 31.4 Å². The molecule has 0 aliphatic carbocycles. The molecule has 5 rings (SSSR count). The van der Waals surface area contributed by atoms with Crippen LogP contribution in [0.3, 0.4) is 0 Å². The van der Waals surface area contributed by atoms with Crippen molar-refractivity contribution in [1.29, 1.82) is 0 Å². The first kappa shape index (κ1) is 26.5. The summed E-state index contributed by atoms with van der Waals surface area (Å²) in [5, 5.41) is 0.464. The first-order chi connectivity index (χ1) is 18.2. The predicted octanol–water partition coefficient (Wildman–Crippen LogP) is 4.94. The number of hydrogen-bond acceptors (Lipinski definition) is 8. The number of thioether (sulfide) groups is 1. The Morgan fingerprint density at radius 2 is 1.79 bits per heavy atom. The van der Waals surface area contributed by atoms with E-state index in [2.05, 4.69) is 20.9 Å². The summed E-state index contributed by atoms with van der Waals surface area (Å²) in [6, 6.07) is 18.4. The number of nitrogen functional groups attached to an aromatic ring is 1. The average molecular weight is 614 g/mol. The van der Waals surface area contributed by atoms with Gasteiger partial charge in [-0.25, -0.2) is 4.98 Å². The second-order valence-electron chi connectivity index (χ2n) is 9.26. The molecule has 3 heterocycles. The molecule has 0 spiro atoms. The Morgan fingerprint density at radius 1 is 1.18 bits per heavy atom. The van der Waals surface area contributed by atoms with E-state index in [-0.39, 0.29) is 23.7 Å². The van der Waals surface area contributed by atoms with E-state index in [1.165, 1.54) is 29.8 Å². The summed E-state index contributed by atoms with van der Waals surface area (Å²) < 4.78 is 6.19. The lowest BCUT2D eigenvalue weighted by atomic mass is 9.86. The number of nitrogens with zero attached hydrogens (tertiary/aromatic N) is 3. The van der Waals surface area contributed by atoms with Crippen molar-refractivity contribution in [3.8, 4) is 0 Å². The highest BCUT2D eigenvalue weighted by Crippen LogP contribution is 2.53. The molecule has 2 unspecified atom stereocenters. The van der Waals surface area contributed by atoms with E-state index >= 15 is 0 Å². The van der Waals surface area contributed by atoms with Gasteiger partial charge in [0.1, 0.15) is 21.8 Å². The Kier molecular flexibility index (Phi) is 7.34. The van der Waals surface area contributed by atoms with Crippen LogP contribution in [0.25, 0.3) is 0 Å². The third-order valence-electron chi connectivity index (χ3n) is 6.74. The van der Waals surface area contributed by atoms with Crippen LogP contribution in [0.4, 0.5) is 10.1 Å². The van der Waals surface area contributed by atoms with Crippen LogP contribution in [0.1, 0.15) is 31.1 Å². The third-order valence-corrected chi connectivity index (χ3v) is 9.90. The van der Waals surface area contributed by atoms with Crippen molar-refractivity contribution in [1.82, 2.24) is 9.88 Å². The second-order valence-corrected chi connectivity index (χ2v) is 11.9. The second kappa shape index (κ2) is 10.5. The average Bonchev–Trinajstić information content (AvgIpc) is 3.36. The van der Waals surface area contributed by atoms with Gasteiger partial charge >= 0.3 is 5.97 Å². The van der Waals surface area contributed by atoms with E-state index in [1.807, 2.05) is 60.7 Å². The van der Waals surface area contributed by atoms with Gasteiger partial charge < -0.3 is 15.4 Å². The minimum Gasteiger partial charge on any atom is -0.452 e. The molecule has 8 nitrogen and oxygen atoms in total. The fourth-order valence-electron chi connectivity index (χ4n) is 4.73. The van der Waals surface area contributed by atoms with Crippen molar-refractivity contribution in [3.63, 3.8) is 0 Å². The minimum absolute atomic E-state index is 0.128. The maximum Gasteiger partial charge on any atom is 0.319 e. The molecule has 1 aromatic heterocycles. The molecule has 2 fully saturated rings. The molecule has 2 N–H and O–H groups in total. The topological polar surface area (TPSA) is 106 Å². The molecule has 2 amide bonds. The summed E-state index contributed by atoms with van der Waals surface area (Å²) in [5.74, 6) is -0.959. The summed E-state index contributed by atoms with van der Waals surface area (Å²) in [6.45, 7) is 3.32. The summed E-state index contributed by atoms with van der Waals surface area (Å²) >= 11 is 5.96. The minimum atomic E-state index is -1.11. The predicted molar refractivity (Wildman–Crippen MR) is 153 cm³/mol. The van der Waals surface area contributed by atoms with E-state index in [0.29, 0.717) is 15.0 Å². The number of rotatable bonds is 6. The summed E-state index contributed by atoms with van der Waals surface area (Å²) in [5.41, 5.74) is 6.37. The van der Waals surface area contributed by atoms with Crippen LogP contribution in [0, 0.1) is 5.41 Å². The lowest BCUT2D eigenvalue weighted by Gasteiger charge is -2.56. The smallest absolute Gasteiger partial charge is 0.319 e. The van der Waals surface area contributed by atoms with Crippen molar-refractivity contribution < 1.29 is 19.1 Å². The fraction of sp³-hybridized carbons (Fsp3) is 0.259. The molecule has 3 aromatic rings. The molecule has 2 aliphatic heterocycles. The first-order valence-corrected chi connectivity index (χ1v) is 14.5. The number of β-lactam (4-membered cyclic amide) rings is 1. The van der Waals surface area contributed by atoms with E-state index in [4.69, 9.17) is 10.5 Å². The molecule has 0 radical (unpaired) electrons. The Balaban J connectivity index is 1.41. The fourth-order valence-corrected chi connectivity index (χ4v) is 7.72. The Hall–Kier alpha value is -3.15. The SMILES string of the molecule is CC(=O)N(c1cnc(N)s1)C1C(=O)N2CC(C)(C(=O)OC(c3ccccc3)c3ccccc3)C(=CBr)S[C@H]12. The number of amides is 2. The van der Waals surface area contributed by atoms with E-state index in [9.17, 15) is 14.4 Å². The number of esters is 1. The first-order valence-electron chi connectivity index (χ1n) is 11.8. The van der Waals surface area contributed by atoms with Gasteiger partial charge in [-0.15, -0.1) is 11.8 Å². The van der Waals surface area contributed by atoms with Gasteiger partial charge in [-0.05, 0) is 23.0 Å². The van der Waals surface area contributed by atoms with Gasteiger partial charge in [0, 0.05) is 18.4 Å². The quantitative estimate of drug-likeness (QED) is 0.310. The van der Waals surface area contributed by atoms with Gasteiger partial charge in [0.15, 0.2) is 11.2 Å². The number of aromatic nitrogens is 1. The third kappa shape index (κ3) is 4.63.